The molecule has 0 saturated heterocycles. The Morgan fingerprint density at radius 3 is 2.69 bits per heavy atom. The highest BCUT2D eigenvalue weighted by atomic mass is 32.1. The van der Waals surface area contributed by atoms with E-state index in [-0.39, 0.29) is 6.04 Å². The van der Waals surface area contributed by atoms with Gasteiger partial charge in [0.2, 0.25) is 5.13 Å². The molecule has 0 saturated carbocycles. The molecule has 0 bridgehead atoms. The van der Waals surface area contributed by atoms with Crippen molar-refractivity contribution in [3.63, 3.8) is 0 Å². The van der Waals surface area contributed by atoms with Crippen molar-refractivity contribution in [3.05, 3.63) is 35.1 Å². The van der Waals surface area contributed by atoms with Crippen molar-refractivity contribution in [2.45, 2.75) is 26.3 Å². The highest BCUT2D eigenvalue weighted by Crippen LogP contribution is 2.21. The molecule has 2 aromatic heterocycles. The van der Waals surface area contributed by atoms with Crippen LogP contribution in [0, 0.1) is 0 Å². The summed E-state index contributed by atoms with van der Waals surface area (Å²) in [6.45, 7) is 4.18. The zero-order chi connectivity index (χ0) is 11.4. The molecular weight excluding hydrogens is 220 g/mol. The van der Waals surface area contributed by atoms with Gasteiger partial charge < -0.3 is 5.32 Å². The molecule has 0 radical (unpaired) electrons. The van der Waals surface area contributed by atoms with Gasteiger partial charge in [0.05, 0.1) is 6.04 Å². The maximum absolute atomic E-state index is 4.09. The molecule has 4 nitrogen and oxygen atoms in total. The molecule has 84 valence electrons. The van der Waals surface area contributed by atoms with Gasteiger partial charge in [-0.15, -0.1) is 10.2 Å². The molecule has 16 heavy (non-hydrogen) atoms. The lowest BCUT2D eigenvalue weighted by Gasteiger charge is -2.11. The zero-order valence-corrected chi connectivity index (χ0v) is 10.2. The number of anilines is 1. The van der Waals surface area contributed by atoms with Gasteiger partial charge in [0.1, 0.15) is 5.01 Å². The van der Waals surface area contributed by atoms with Gasteiger partial charge in [-0.1, -0.05) is 18.3 Å². The molecule has 0 aliphatic rings. The van der Waals surface area contributed by atoms with Crippen LogP contribution < -0.4 is 5.32 Å². The Bertz CT molecular complexity index is 440. The van der Waals surface area contributed by atoms with Crippen molar-refractivity contribution in [1.29, 1.82) is 0 Å². The maximum atomic E-state index is 4.09. The van der Waals surface area contributed by atoms with Crippen molar-refractivity contribution in [2.75, 3.05) is 5.32 Å². The smallest absolute Gasteiger partial charge is 0.206 e. The number of aromatic nitrogens is 3. The molecule has 0 amide bonds. The summed E-state index contributed by atoms with van der Waals surface area (Å²) < 4.78 is 0. The summed E-state index contributed by atoms with van der Waals surface area (Å²) in [7, 11) is 0. The lowest BCUT2D eigenvalue weighted by atomic mass is 10.1. The van der Waals surface area contributed by atoms with Gasteiger partial charge >= 0.3 is 0 Å². The van der Waals surface area contributed by atoms with Crippen molar-refractivity contribution >= 4 is 16.5 Å². The molecule has 5 heteroatoms. The normalized spacial score (nSPS) is 12.4. The van der Waals surface area contributed by atoms with E-state index in [1.807, 2.05) is 12.1 Å². The van der Waals surface area contributed by atoms with Gasteiger partial charge in [-0.3, -0.25) is 4.98 Å². The van der Waals surface area contributed by atoms with Crippen LogP contribution in [0.15, 0.2) is 24.5 Å². The Balaban J connectivity index is 2.05. The first-order valence-corrected chi connectivity index (χ1v) is 6.10. The molecule has 0 aromatic carbocycles. The SMILES string of the molecule is CCc1nnc(NC(C)c2ccncc2)s1. The molecule has 2 rings (SSSR count). The molecule has 0 fully saturated rings. The molecule has 1 unspecified atom stereocenters. The fourth-order valence-corrected chi connectivity index (χ4v) is 2.14. The zero-order valence-electron chi connectivity index (χ0n) is 9.34. The van der Waals surface area contributed by atoms with E-state index in [1.165, 1.54) is 5.56 Å². The molecule has 1 N–H and O–H groups in total. The number of nitrogens with zero attached hydrogens (tertiary/aromatic N) is 3. The summed E-state index contributed by atoms with van der Waals surface area (Å²) in [6.07, 6.45) is 4.53. The van der Waals surface area contributed by atoms with Crippen LogP contribution in [-0.2, 0) is 6.42 Å². The first kappa shape index (κ1) is 11.0. The number of hydrogen-bond acceptors (Lipinski definition) is 5. The van der Waals surface area contributed by atoms with Gasteiger partial charge in [0, 0.05) is 12.4 Å². The predicted octanol–water partition coefficient (Wildman–Crippen LogP) is 2.67. The first-order valence-electron chi connectivity index (χ1n) is 5.28. The molecule has 2 heterocycles. The first-order chi connectivity index (χ1) is 7.79. The monoisotopic (exact) mass is 234 g/mol. The number of rotatable bonds is 4. The Morgan fingerprint density at radius 2 is 2.06 bits per heavy atom. The van der Waals surface area contributed by atoms with Crippen LogP contribution >= 0.6 is 11.3 Å². The molecule has 0 spiro atoms. The summed E-state index contributed by atoms with van der Waals surface area (Å²) in [5, 5.41) is 13.4. The number of pyridine rings is 1. The second kappa shape index (κ2) is 5.03. The van der Waals surface area contributed by atoms with Crippen LogP contribution in [0.1, 0.15) is 30.5 Å². The van der Waals surface area contributed by atoms with Gasteiger partial charge in [-0.2, -0.15) is 0 Å². The number of hydrogen-bond donors (Lipinski definition) is 1. The minimum atomic E-state index is 0.223. The number of nitrogens with one attached hydrogen (secondary N) is 1. The largest absolute Gasteiger partial charge is 0.354 e. The number of aryl methyl sites for hydroxylation is 1. The fourth-order valence-electron chi connectivity index (χ4n) is 1.38. The van der Waals surface area contributed by atoms with Crippen molar-refractivity contribution in [1.82, 2.24) is 15.2 Å². The predicted molar refractivity (Wildman–Crippen MR) is 65.6 cm³/mol. The summed E-state index contributed by atoms with van der Waals surface area (Å²) in [5.41, 5.74) is 1.20. The van der Waals surface area contributed by atoms with Crippen molar-refractivity contribution in [2.24, 2.45) is 0 Å². The van der Waals surface area contributed by atoms with E-state index in [2.05, 4.69) is 34.3 Å². The lowest BCUT2D eigenvalue weighted by Crippen LogP contribution is -2.06. The third-order valence-electron chi connectivity index (χ3n) is 2.32. The highest BCUT2D eigenvalue weighted by molar-refractivity contribution is 7.15. The van der Waals surface area contributed by atoms with Gasteiger partial charge in [-0.25, -0.2) is 0 Å². The van der Waals surface area contributed by atoms with Crippen LogP contribution in [0.25, 0.3) is 0 Å². The summed E-state index contributed by atoms with van der Waals surface area (Å²) in [5.74, 6) is 0. The summed E-state index contributed by atoms with van der Waals surface area (Å²) in [4.78, 5) is 4.00. The standard InChI is InChI=1S/C11H14N4S/c1-3-10-14-15-11(16-10)13-8(2)9-4-6-12-7-5-9/h4-8H,3H2,1-2H3,(H,13,15). The van der Waals surface area contributed by atoms with E-state index >= 15 is 0 Å². The van der Waals surface area contributed by atoms with E-state index in [0.29, 0.717) is 0 Å². The van der Waals surface area contributed by atoms with E-state index in [9.17, 15) is 0 Å². The Hall–Kier alpha value is -1.49. The highest BCUT2D eigenvalue weighted by Gasteiger charge is 2.08. The molecular formula is C11H14N4S. The summed E-state index contributed by atoms with van der Waals surface area (Å²) in [6, 6.07) is 4.22. The summed E-state index contributed by atoms with van der Waals surface area (Å²) >= 11 is 1.61. The second-order valence-electron chi connectivity index (χ2n) is 3.50. The van der Waals surface area contributed by atoms with Gasteiger partial charge in [-0.05, 0) is 31.0 Å². The average molecular weight is 234 g/mol. The van der Waals surface area contributed by atoms with E-state index < -0.39 is 0 Å². The van der Waals surface area contributed by atoms with Crippen molar-refractivity contribution in [3.8, 4) is 0 Å². The second-order valence-corrected chi connectivity index (χ2v) is 4.56. The van der Waals surface area contributed by atoms with Crippen LogP contribution in [0.5, 0.6) is 0 Å². The van der Waals surface area contributed by atoms with E-state index in [1.54, 1.807) is 23.7 Å². The lowest BCUT2D eigenvalue weighted by molar-refractivity contribution is 0.867. The third kappa shape index (κ3) is 2.55. The minimum Gasteiger partial charge on any atom is -0.354 e. The Kier molecular flexibility index (Phi) is 3.46. The fraction of sp³-hybridized carbons (Fsp3) is 0.364. The third-order valence-corrected chi connectivity index (χ3v) is 3.31. The van der Waals surface area contributed by atoms with Crippen LogP contribution in [-0.4, -0.2) is 15.2 Å². The molecule has 1 atom stereocenters. The van der Waals surface area contributed by atoms with Crippen LogP contribution in [0.4, 0.5) is 5.13 Å². The maximum Gasteiger partial charge on any atom is 0.206 e. The molecule has 2 aromatic rings. The average Bonchev–Trinajstić information content (AvgIpc) is 2.78. The minimum absolute atomic E-state index is 0.223. The van der Waals surface area contributed by atoms with Crippen molar-refractivity contribution < 1.29 is 0 Å². The molecule has 0 aliphatic carbocycles. The van der Waals surface area contributed by atoms with Crippen LogP contribution in [0.2, 0.25) is 0 Å². The Labute approximate surface area is 98.8 Å². The topological polar surface area (TPSA) is 50.7 Å². The Morgan fingerprint density at radius 1 is 1.31 bits per heavy atom. The van der Waals surface area contributed by atoms with E-state index in [0.717, 1.165) is 16.6 Å². The van der Waals surface area contributed by atoms with Crippen LogP contribution in [0.3, 0.4) is 0 Å². The van der Waals surface area contributed by atoms with Gasteiger partial charge in [0.15, 0.2) is 0 Å². The molecule has 0 aliphatic heterocycles. The van der Waals surface area contributed by atoms with E-state index in [4.69, 9.17) is 0 Å². The van der Waals surface area contributed by atoms with Gasteiger partial charge in [0.25, 0.3) is 0 Å². The quantitative estimate of drug-likeness (QED) is 0.883.